The lowest BCUT2D eigenvalue weighted by Gasteiger charge is -1.97. The van der Waals surface area contributed by atoms with Crippen LogP contribution in [0.15, 0.2) is 18.2 Å². The van der Waals surface area contributed by atoms with Crippen molar-refractivity contribution in [2.24, 2.45) is 0 Å². The second-order valence-corrected chi connectivity index (χ2v) is 3.85. The van der Waals surface area contributed by atoms with E-state index < -0.39 is 0 Å². The smallest absolute Gasteiger partial charge is 0.0250 e. The lowest BCUT2D eigenvalue weighted by molar-refractivity contribution is 0.991. The van der Waals surface area contributed by atoms with Crippen molar-refractivity contribution < 1.29 is 0 Å². The molecule has 0 aliphatic rings. The molecule has 0 aromatic heterocycles. The van der Waals surface area contributed by atoms with Gasteiger partial charge in [0.2, 0.25) is 0 Å². The molecule has 0 saturated heterocycles. The van der Waals surface area contributed by atoms with Crippen LogP contribution in [0.2, 0.25) is 0 Å². The third kappa shape index (κ3) is 3.85. The van der Waals surface area contributed by atoms with Crippen LogP contribution in [0.4, 0.5) is 0 Å². The van der Waals surface area contributed by atoms with Gasteiger partial charge in [0.05, 0.1) is 0 Å². The zero-order valence-corrected chi connectivity index (χ0v) is 9.49. The van der Waals surface area contributed by atoms with Crippen molar-refractivity contribution in [3.63, 3.8) is 0 Å². The molecule has 0 amide bonds. The Morgan fingerprint density at radius 3 is 2.36 bits per heavy atom. The topological polar surface area (TPSA) is 0 Å². The predicted octanol–water partition coefficient (Wildman–Crippen LogP) is 3.67. The minimum absolute atomic E-state index is 0.696. The van der Waals surface area contributed by atoms with Gasteiger partial charge in [0.25, 0.3) is 0 Å². The summed E-state index contributed by atoms with van der Waals surface area (Å²) in [5.74, 6) is 6.97. The van der Waals surface area contributed by atoms with E-state index in [1.807, 2.05) is 0 Å². The monoisotopic (exact) mass is 206 g/mol. The van der Waals surface area contributed by atoms with E-state index in [1.54, 1.807) is 0 Å². The van der Waals surface area contributed by atoms with Gasteiger partial charge in [-0.2, -0.15) is 0 Å². The maximum Gasteiger partial charge on any atom is 0.0250 e. The molecule has 0 N–H and O–H groups in total. The summed E-state index contributed by atoms with van der Waals surface area (Å²) in [5, 5.41) is 0. The Bertz CT molecular complexity index is 335. The van der Waals surface area contributed by atoms with Crippen LogP contribution in [-0.4, -0.2) is 5.88 Å². The first-order valence-corrected chi connectivity index (χ1v) is 5.39. The van der Waals surface area contributed by atoms with Crippen molar-refractivity contribution in [3.8, 4) is 11.8 Å². The largest absolute Gasteiger partial charge is 0.127 e. The van der Waals surface area contributed by atoms with E-state index in [0.717, 1.165) is 18.4 Å². The van der Waals surface area contributed by atoms with Crippen molar-refractivity contribution in [2.45, 2.75) is 26.7 Å². The summed E-state index contributed by atoms with van der Waals surface area (Å²) in [6, 6.07) is 6.38. The third-order valence-electron chi connectivity index (χ3n) is 1.89. The number of aryl methyl sites for hydroxylation is 2. The van der Waals surface area contributed by atoms with Crippen LogP contribution in [0.1, 0.15) is 29.5 Å². The van der Waals surface area contributed by atoms with Crippen molar-refractivity contribution >= 4 is 11.6 Å². The summed E-state index contributed by atoms with van der Waals surface area (Å²) >= 11 is 5.57. The molecule has 0 unspecified atom stereocenters. The molecular formula is C13H15Cl. The Morgan fingerprint density at radius 2 is 1.79 bits per heavy atom. The molecule has 0 bridgehead atoms. The van der Waals surface area contributed by atoms with Crippen LogP contribution < -0.4 is 0 Å². The molecule has 0 spiro atoms. The van der Waals surface area contributed by atoms with E-state index in [-0.39, 0.29) is 0 Å². The Hall–Kier alpha value is -0.930. The van der Waals surface area contributed by atoms with E-state index in [1.165, 1.54) is 11.1 Å². The first-order chi connectivity index (χ1) is 6.72. The maximum absolute atomic E-state index is 5.57. The van der Waals surface area contributed by atoms with Gasteiger partial charge in [0.15, 0.2) is 0 Å². The molecule has 0 fully saturated rings. The highest BCUT2D eigenvalue weighted by molar-refractivity contribution is 6.17. The third-order valence-corrected chi connectivity index (χ3v) is 2.16. The molecular weight excluding hydrogens is 192 g/mol. The molecule has 74 valence electrons. The van der Waals surface area contributed by atoms with Gasteiger partial charge in [0.1, 0.15) is 0 Å². The van der Waals surface area contributed by atoms with Crippen molar-refractivity contribution in [2.75, 3.05) is 5.88 Å². The fraction of sp³-hybridized carbons (Fsp3) is 0.385. The molecule has 1 aromatic carbocycles. The number of halogens is 1. The van der Waals surface area contributed by atoms with Crippen LogP contribution in [-0.2, 0) is 0 Å². The lowest BCUT2D eigenvalue weighted by Crippen LogP contribution is -1.81. The Labute approximate surface area is 91.3 Å². The van der Waals surface area contributed by atoms with Gasteiger partial charge in [-0.15, -0.1) is 11.6 Å². The average molecular weight is 207 g/mol. The fourth-order valence-electron chi connectivity index (χ4n) is 1.37. The number of unbranched alkanes of at least 4 members (excludes halogenated alkanes) is 1. The molecule has 1 aromatic rings. The standard InChI is InChI=1S/C13H15Cl/c1-11-8-12(2)10-13(9-11)6-4-3-5-7-14/h8-10H,3,5,7H2,1-2H3. The van der Waals surface area contributed by atoms with Gasteiger partial charge >= 0.3 is 0 Å². The summed E-state index contributed by atoms with van der Waals surface area (Å²) in [5.41, 5.74) is 3.65. The summed E-state index contributed by atoms with van der Waals surface area (Å²) in [6.07, 6.45) is 1.86. The number of alkyl halides is 1. The molecule has 0 atom stereocenters. The quantitative estimate of drug-likeness (QED) is 0.394. The SMILES string of the molecule is Cc1cc(C)cc(C#CCCCCl)c1. The molecule has 1 heteroatoms. The molecule has 0 heterocycles. The van der Waals surface area contributed by atoms with E-state index in [9.17, 15) is 0 Å². The molecule has 0 saturated carbocycles. The van der Waals surface area contributed by atoms with Crippen molar-refractivity contribution in [1.82, 2.24) is 0 Å². The zero-order chi connectivity index (χ0) is 10.4. The van der Waals surface area contributed by atoms with E-state index in [4.69, 9.17) is 11.6 Å². The Balaban J connectivity index is 2.69. The summed E-state index contributed by atoms with van der Waals surface area (Å²) in [4.78, 5) is 0. The minimum Gasteiger partial charge on any atom is -0.127 e. The average Bonchev–Trinajstić information content (AvgIpc) is 2.11. The highest BCUT2D eigenvalue weighted by Gasteiger charge is 1.91. The first kappa shape index (κ1) is 11.1. The van der Waals surface area contributed by atoms with Crippen LogP contribution in [0.25, 0.3) is 0 Å². The molecule has 0 aliphatic heterocycles. The predicted molar refractivity (Wildman–Crippen MR) is 62.7 cm³/mol. The van der Waals surface area contributed by atoms with Crippen LogP contribution >= 0.6 is 11.6 Å². The number of hydrogen-bond acceptors (Lipinski definition) is 0. The van der Waals surface area contributed by atoms with Crippen LogP contribution in [0.3, 0.4) is 0 Å². The van der Waals surface area contributed by atoms with Gasteiger partial charge in [-0.05, 0) is 43.5 Å². The lowest BCUT2D eigenvalue weighted by atomic mass is 10.1. The second kappa shape index (κ2) is 5.73. The van der Waals surface area contributed by atoms with Crippen molar-refractivity contribution in [3.05, 3.63) is 34.9 Å². The van der Waals surface area contributed by atoms with Crippen LogP contribution in [0, 0.1) is 25.7 Å². The molecule has 14 heavy (non-hydrogen) atoms. The van der Waals surface area contributed by atoms with Crippen molar-refractivity contribution in [1.29, 1.82) is 0 Å². The van der Waals surface area contributed by atoms with Gasteiger partial charge in [-0.25, -0.2) is 0 Å². The van der Waals surface area contributed by atoms with E-state index in [2.05, 4.69) is 43.9 Å². The second-order valence-electron chi connectivity index (χ2n) is 3.47. The highest BCUT2D eigenvalue weighted by Crippen LogP contribution is 2.07. The van der Waals surface area contributed by atoms with Gasteiger partial charge in [-0.1, -0.05) is 17.9 Å². The fourth-order valence-corrected chi connectivity index (χ4v) is 1.50. The Kier molecular flexibility index (Phi) is 4.56. The number of benzene rings is 1. The molecule has 0 aliphatic carbocycles. The minimum atomic E-state index is 0.696. The summed E-state index contributed by atoms with van der Waals surface area (Å²) < 4.78 is 0. The molecule has 1 rings (SSSR count). The number of rotatable bonds is 2. The van der Waals surface area contributed by atoms with E-state index >= 15 is 0 Å². The normalized spacial score (nSPS) is 9.36. The maximum atomic E-state index is 5.57. The molecule has 0 nitrogen and oxygen atoms in total. The first-order valence-electron chi connectivity index (χ1n) is 4.85. The van der Waals surface area contributed by atoms with Gasteiger partial charge < -0.3 is 0 Å². The molecule has 0 radical (unpaired) electrons. The highest BCUT2D eigenvalue weighted by atomic mass is 35.5. The Morgan fingerprint density at radius 1 is 1.14 bits per heavy atom. The zero-order valence-electron chi connectivity index (χ0n) is 8.73. The van der Waals surface area contributed by atoms with Crippen LogP contribution in [0.5, 0.6) is 0 Å². The van der Waals surface area contributed by atoms with Gasteiger partial charge in [-0.3, -0.25) is 0 Å². The van der Waals surface area contributed by atoms with E-state index in [0.29, 0.717) is 5.88 Å². The summed E-state index contributed by atoms with van der Waals surface area (Å²) in [7, 11) is 0. The summed E-state index contributed by atoms with van der Waals surface area (Å²) in [6.45, 7) is 4.19. The van der Waals surface area contributed by atoms with Gasteiger partial charge in [0, 0.05) is 17.9 Å². The number of hydrogen-bond donors (Lipinski definition) is 0.